The van der Waals surface area contributed by atoms with E-state index >= 15 is 0 Å². The Hall–Kier alpha value is -1.04. The third-order valence-corrected chi connectivity index (χ3v) is 2.42. The summed E-state index contributed by atoms with van der Waals surface area (Å²) in [6.07, 6.45) is 4.57. The Morgan fingerprint density at radius 3 is 1.72 bits per heavy atom. The molecule has 0 N–H and O–H groups in total. The van der Waals surface area contributed by atoms with Crippen molar-refractivity contribution >= 4 is 0 Å². The molecular weight excluding hydrogens is 216 g/mol. The van der Waals surface area contributed by atoms with Gasteiger partial charge in [-0.25, -0.2) is 0 Å². The number of benzene rings is 1. The quantitative estimate of drug-likeness (QED) is 0.556. The van der Waals surface area contributed by atoms with Crippen molar-refractivity contribution < 1.29 is 0 Å². The first kappa shape index (κ1) is 19.3. The van der Waals surface area contributed by atoms with Crippen molar-refractivity contribution in [2.75, 3.05) is 0 Å². The van der Waals surface area contributed by atoms with Crippen molar-refractivity contribution in [1.29, 1.82) is 0 Å². The Labute approximate surface area is 115 Å². The third kappa shape index (κ3) is 8.11. The molecule has 0 bridgehead atoms. The van der Waals surface area contributed by atoms with E-state index < -0.39 is 0 Å². The van der Waals surface area contributed by atoms with Crippen molar-refractivity contribution in [1.82, 2.24) is 0 Å². The molecule has 0 heteroatoms. The van der Waals surface area contributed by atoms with Gasteiger partial charge in [0.15, 0.2) is 0 Å². The lowest BCUT2D eigenvalue weighted by molar-refractivity contribution is 0.658. The van der Waals surface area contributed by atoms with Gasteiger partial charge in [-0.05, 0) is 11.5 Å². The monoisotopic (exact) mass is 248 g/mol. The number of rotatable bonds is 3. The smallest absolute Gasteiger partial charge is 0.00754 e. The summed E-state index contributed by atoms with van der Waals surface area (Å²) < 4.78 is 0. The molecule has 104 valence electrons. The minimum atomic E-state index is 0.144. The van der Waals surface area contributed by atoms with E-state index in [1.54, 1.807) is 0 Å². The van der Waals surface area contributed by atoms with E-state index in [0.29, 0.717) is 5.92 Å². The summed E-state index contributed by atoms with van der Waals surface area (Å²) in [6, 6.07) is 10.6. The van der Waals surface area contributed by atoms with Crippen LogP contribution in [-0.4, -0.2) is 0 Å². The van der Waals surface area contributed by atoms with E-state index in [4.69, 9.17) is 0 Å². The van der Waals surface area contributed by atoms with E-state index in [1.807, 2.05) is 27.7 Å². The molecule has 0 aliphatic rings. The zero-order valence-electron chi connectivity index (χ0n) is 13.6. The first-order chi connectivity index (χ1) is 8.52. The van der Waals surface area contributed by atoms with Gasteiger partial charge in [0.2, 0.25) is 0 Å². The maximum Gasteiger partial charge on any atom is 0.00754 e. The highest BCUT2D eigenvalue weighted by Crippen LogP contribution is 2.24. The molecule has 0 nitrogen and oxygen atoms in total. The van der Waals surface area contributed by atoms with Gasteiger partial charge in [0.25, 0.3) is 0 Å². The van der Waals surface area contributed by atoms with Crippen LogP contribution in [0.2, 0.25) is 0 Å². The molecule has 0 spiro atoms. The summed E-state index contributed by atoms with van der Waals surface area (Å²) >= 11 is 0. The summed E-state index contributed by atoms with van der Waals surface area (Å²) in [7, 11) is 0. The Bertz CT molecular complexity index is 291. The summed E-state index contributed by atoms with van der Waals surface area (Å²) in [5.74, 6) is 0.623. The zero-order valence-corrected chi connectivity index (χ0v) is 13.6. The molecule has 0 aromatic heterocycles. The van der Waals surface area contributed by atoms with Crippen LogP contribution < -0.4 is 0 Å². The van der Waals surface area contributed by atoms with E-state index in [-0.39, 0.29) is 5.41 Å². The fourth-order valence-corrected chi connectivity index (χ4v) is 1.40. The first-order valence-corrected chi connectivity index (χ1v) is 7.27. The van der Waals surface area contributed by atoms with Gasteiger partial charge in [-0.1, -0.05) is 97.9 Å². The largest absolute Gasteiger partial charge is 0.0851 e. The van der Waals surface area contributed by atoms with Crippen LogP contribution in [0, 0.1) is 5.92 Å². The molecule has 0 aliphatic heterocycles. The fraction of sp³-hybridized carbons (Fsp3) is 0.556. The number of hydrogen-bond donors (Lipinski definition) is 0. The van der Waals surface area contributed by atoms with Crippen LogP contribution in [0.4, 0.5) is 0 Å². The SMILES string of the molecule is CC.CC.CC(C)/C=C/C(C)(C)c1ccccc1. The molecule has 0 aliphatic carbocycles. The van der Waals surface area contributed by atoms with Crippen LogP contribution in [0.25, 0.3) is 0 Å². The van der Waals surface area contributed by atoms with Crippen LogP contribution in [0.5, 0.6) is 0 Å². The zero-order chi connectivity index (χ0) is 14.6. The van der Waals surface area contributed by atoms with Crippen molar-refractivity contribution in [3.05, 3.63) is 48.0 Å². The fourth-order valence-electron chi connectivity index (χ4n) is 1.40. The molecular formula is C18H32. The average Bonchev–Trinajstić information content (AvgIpc) is 2.42. The second kappa shape index (κ2) is 11.1. The molecule has 1 aromatic carbocycles. The predicted molar refractivity (Wildman–Crippen MR) is 86.1 cm³/mol. The highest BCUT2D eigenvalue weighted by Gasteiger charge is 2.15. The topological polar surface area (TPSA) is 0 Å². The Kier molecular flexibility index (Phi) is 11.9. The summed E-state index contributed by atoms with van der Waals surface area (Å²) in [4.78, 5) is 0. The van der Waals surface area contributed by atoms with Crippen molar-refractivity contribution in [2.45, 2.75) is 60.8 Å². The molecule has 0 amide bonds. The predicted octanol–water partition coefficient (Wildman–Crippen LogP) is 6.23. The number of allylic oxidation sites excluding steroid dienone is 2. The standard InChI is InChI=1S/C14H20.2C2H6/c1-12(2)10-11-14(3,4)13-8-6-5-7-9-13;2*1-2/h5-12H,1-4H3;2*1-2H3/b11-10+;;. The Morgan fingerprint density at radius 2 is 1.33 bits per heavy atom. The minimum absolute atomic E-state index is 0.144. The van der Waals surface area contributed by atoms with Gasteiger partial charge < -0.3 is 0 Å². The lowest BCUT2D eigenvalue weighted by atomic mass is 9.84. The van der Waals surface area contributed by atoms with Gasteiger partial charge >= 0.3 is 0 Å². The van der Waals surface area contributed by atoms with Crippen molar-refractivity contribution in [3.63, 3.8) is 0 Å². The van der Waals surface area contributed by atoms with Crippen molar-refractivity contribution in [2.24, 2.45) is 5.92 Å². The van der Waals surface area contributed by atoms with Crippen LogP contribution in [0.3, 0.4) is 0 Å². The average molecular weight is 248 g/mol. The van der Waals surface area contributed by atoms with Gasteiger partial charge in [0.1, 0.15) is 0 Å². The highest BCUT2D eigenvalue weighted by atomic mass is 14.2. The summed E-state index contributed by atoms with van der Waals surface area (Å²) in [5, 5.41) is 0. The second-order valence-electron chi connectivity index (χ2n) is 4.69. The molecule has 1 rings (SSSR count). The molecule has 0 atom stereocenters. The van der Waals surface area contributed by atoms with Crippen LogP contribution in [0.15, 0.2) is 42.5 Å². The van der Waals surface area contributed by atoms with Gasteiger partial charge in [-0.3, -0.25) is 0 Å². The van der Waals surface area contributed by atoms with Gasteiger partial charge in [-0.15, -0.1) is 0 Å². The summed E-state index contributed by atoms with van der Waals surface area (Å²) in [5.41, 5.74) is 1.52. The van der Waals surface area contributed by atoms with Crippen LogP contribution in [0.1, 0.15) is 61.0 Å². The molecule has 0 unspecified atom stereocenters. The van der Waals surface area contributed by atoms with Gasteiger partial charge in [0.05, 0.1) is 0 Å². The minimum Gasteiger partial charge on any atom is -0.0851 e. The molecule has 0 fully saturated rings. The Morgan fingerprint density at radius 1 is 0.889 bits per heavy atom. The van der Waals surface area contributed by atoms with Crippen LogP contribution in [-0.2, 0) is 5.41 Å². The first-order valence-electron chi connectivity index (χ1n) is 7.27. The Balaban J connectivity index is 0. The second-order valence-corrected chi connectivity index (χ2v) is 4.69. The van der Waals surface area contributed by atoms with E-state index in [2.05, 4.69) is 70.2 Å². The number of hydrogen-bond acceptors (Lipinski definition) is 0. The third-order valence-electron chi connectivity index (χ3n) is 2.42. The van der Waals surface area contributed by atoms with Gasteiger partial charge in [-0.2, -0.15) is 0 Å². The molecule has 18 heavy (non-hydrogen) atoms. The van der Waals surface area contributed by atoms with Gasteiger partial charge in [0, 0.05) is 5.41 Å². The van der Waals surface area contributed by atoms with Crippen LogP contribution >= 0.6 is 0 Å². The normalized spacial score (nSPS) is 10.5. The van der Waals surface area contributed by atoms with E-state index in [1.165, 1.54) is 5.56 Å². The van der Waals surface area contributed by atoms with E-state index in [0.717, 1.165) is 0 Å². The van der Waals surface area contributed by atoms with E-state index in [9.17, 15) is 0 Å². The maximum absolute atomic E-state index is 2.30. The molecule has 0 radical (unpaired) electrons. The highest BCUT2D eigenvalue weighted by molar-refractivity contribution is 5.28. The lowest BCUT2D eigenvalue weighted by Gasteiger charge is -2.21. The molecule has 1 aromatic rings. The maximum atomic E-state index is 2.30. The molecule has 0 saturated carbocycles. The molecule has 0 saturated heterocycles. The lowest BCUT2D eigenvalue weighted by Crippen LogP contribution is -2.13. The van der Waals surface area contributed by atoms with Crippen molar-refractivity contribution in [3.8, 4) is 0 Å². The molecule has 0 heterocycles. The summed E-state index contributed by atoms with van der Waals surface area (Å²) in [6.45, 7) is 16.9.